The Morgan fingerprint density at radius 2 is 2.05 bits per heavy atom. The first-order valence-electron chi connectivity index (χ1n) is 6.51. The maximum Gasteiger partial charge on any atom is 0.309 e. The molecule has 0 saturated carbocycles. The molecule has 1 aliphatic carbocycles. The number of carbonyl (C=O) groups is 2. The second kappa shape index (κ2) is 7.99. The Bertz CT molecular complexity index is 376. The fraction of sp³-hybridized carbons (Fsp3) is 0.714. The zero-order valence-electron chi connectivity index (χ0n) is 11.7. The molecule has 5 heteroatoms. The smallest absolute Gasteiger partial charge is 0.309 e. The largest absolute Gasteiger partial charge is 0.469 e. The lowest BCUT2D eigenvalue weighted by molar-refractivity contribution is -0.139. The highest BCUT2D eigenvalue weighted by atomic mass is 127. The van der Waals surface area contributed by atoms with E-state index >= 15 is 0 Å². The van der Waals surface area contributed by atoms with Gasteiger partial charge in [0.05, 0.1) is 19.6 Å². The molecule has 0 N–H and O–H groups in total. The van der Waals surface area contributed by atoms with E-state index in [1.165, 1.54) is 7.11 Å². The van der Waals surface area contributed by atoms with Gasteiger partial charge in [-0.15, -0.1) is 0 Å². The van der Waals surface area contributed by atoms with Crippen LogP contribution >= 0.6 is 22.6 Å². The predicted octanol–water partition coefficient (Wildman–Crippen LogP) is 2.83. The van der Waals surface area contributed by atoms with Crippen molar-refractivity contribution in [2.24, 2.45) is 0 Å². The molecule has 0 aromatic rings. The minimum Gasteiger partial charge on any atom is -0.469 e. The zero-order chi connectivity index (χ0) is 14.4. The number of hydrogen-bond acceptors (Lipinski definition) is 4. The summed E-state index contributed by atoms with van der Waals surface area (Å²) in [7, 11) is 3.04. The highest BCUT2D eigenvalue weighted by molar-refractivity contribution is 14.1. The molecule has 0 aromatic heterocycles. The summed E-state index contributed by atoms with van der Waals surface area (Å²) in [6.45, 7) is 2.10. The molecule has 1 rings (SSSR count). The molecule has 0 aromatic carbocycles. The van der Waals surface area contributed by atoms with Crippen LogP contribution in [0.25, 0.3) is 0 Å². The third-order valence-electron chi connectivity index (χ3n) is 3.50. The third kappa shape index (κ3) is 4.56. The van der Waals surface area contributed by atoms with Crippen LogP contribution in [0.5, 0.6) is 0 Å². The van der Waals surface area contributed by atoms with Crippen molar-refractivity contribution >= 4 is 34.3 Å². The lowest BCUT2D eigenvalue weighted by Crippen LogP contribution is -2.24. The average molecular weight is 380 g/mol. The summed E-state index contributed by atoms with van der Waals surface area (Å²) < 4.78 is 10.5. The van der Waals surface area contributed by atoms with Crippen molar-refractivity contribution in [2.45, 2.75) is 49.1 Å². The number of rotatable bonds is 7. The van der Waals surface area contributed by atoms with Crippen LogP contribution in [0, 0.1) is 0 Å². The van der Waals surface area contributed by atoms with Gasteiger partial charge in [-0.05, 0) is 18.4 Å². The number of Topliss-reactive ketones (excluding diaryl/α,β-unsaturated/α-hetero) is 1. The van der Waals surface area contributed by atoms with Gasteiger partial charge in [-0.3, -0.25) is 9.59 Å². The fourth-order valence-electron chi connectivity index (χ4n) is 2.29. The van der Waals surface area contributed by atoms with Gasteiger partial charge in [0.15, 0.2) is 5.78 Å². The van der Waals surface area contributed by atoms with E-state index < -0.39 is 0 Å². The first-order valence-corrected chi connectivity index (χ1v) is 7.75. The Balaban J connectivity index is 2.82. The van der Waals surface area contributed by atoms with E-state index in [1.54, 1.807) is 7.11 Å². The van der Waals surface area contributed by atoms with Crippen LogP contribution in [0.3, 0.4) is 0 Å². The van der Waals surface area contributed by atoms with Crippen LogP contribution in [-0.2, 0) is 19.1 Å². The van der Waals surface area contributed by atoms with Crippen molar-refractivity contribution in [1.29, 1.82) is 0 Å². The second-order valence-corrected chi connectivity index (χ2v) is 6.26. The molecule has 0 spiro atoms. The molecule has 0 heterocycles. The van der Waals surface area contributed by atoms with E-state index in [9.17, 15) is 9.59 Å². The molecule has 4 nitrogen and oxygen atoms in total. The van der Waals surface area contributed by atoms with E-state index in [4.69, 9.17) is 4.74 Å². The van der Waals surface area contributed by atoms with Gasteiger partial charge >= 0.3 is 5.97 Å². The number of ketones is 1. The van der Waals surface area contributed by atoms with Crippen molar-refractivity contribution in [2.75, 3.05) is 14.2 Å². The summed E-state index contributed by atoms with van der Waals surface area (Å²) in [5.41, 5.74) is 1.71. The Hall–Kier alpha value is -0.430. The molecule has 0 bridgehead atoms. The number of halogens is 1. The van der Waals surface area contributed by atoms with Crippen molar-refractivity contribution in [1.82, 2.24) is 0 Å². The van der Waals surface area contributed by atoms with Gasteiger partial charge in [0.2, 0.25) is 0 Å². The molecule has 0 amide bonds. The topological polar surface area (TPSA) is 52.6 Å². The summed E-state index contributed by atoms with van der Waals surface area (Å²) in [5, 5.41) is 0. The van der Waals surface area contributed by atoms with Crippen LogP contribution in [0.15, 0.2) is 11.1 Å². The van der Waals surface area contributed by atoms with Crippen LogP contribution in [0.2, 0.25) is 0 Å². The first-order chi connectivity index (χ1) is 9.03. The highest BCUT2D eigenvalue weighted by Crippen LogP contribution is 2.31. The maximum absolute atomic E-state index is 11.9. The normalized spacial score (nSPS) is 18.6. The van der Waals surface area contributed by atoms with Crippen LogP contribution < -0.4 is 0 Å². The molecule has 0 fully saturated rings. The van der Waals surface area contributed by atoms with Crippen molar-refractivity contribution in [3.05, 3.63) is 11.1 Å². The monoisotopic (exact) mass is 380 g/mol. The molecule has 2 atom stereocenters. The fourth-order valence-corrected chi connectivity index (χ4v) is 2.83. The first kappa shape index (κ1) is 16.6. The molecular formula is C14H21IO4. The van der Waals surface area contributed by atoms with E-state index in [0.717, 1.165) is 17.6 Å². The summed E-state index contributed by atoms with van der Waals surface area (Å²) in [5.74, 6) is -0.127. The second-order valence-electron chi connectivity index (χ2n) is 4.66. The quantitative estimate of drug-likeness (QED) is 0.387. The van der Waals surface area contributed by atoms with Gasteiger partial charge in [-0.2, -0.15) is 0 Å². The van der Waals surface area contributed by atoms with Gasteiger partial charge in [-0.1, -0.05) is 35.1 Å². The van der Waals surface area contributed by atoms with Gasteiger partial charge in [0.25, 0.3) is 0 Å². The molecule has 2 unspecified atom stereocenters. The van der Waals surface area contributed by atoms with Gasteiger partial charge in [-0.25, -0.2) is 0 Å². The van der Waals surface area contributed by atoms with Crippen molar-refractivity contribution in [3.63, 3.8) is 0 Å². The van der Waals surface area contributed by atoms with E-state index in [-0.39, 0.29) is 24.3 Å². The van der Waals surface area contributed by atoms with Gasteiger partial charge in [0, 0.05) is 23.9 Å². The molecular weight excluding hydrogens is 359 g/mol. The number of hydrogen-bond donors (Lipinski definition) is 0. The highest BCUT2D eigenvalue weighted by Gasteiger charge is 2.28. The third-order valence-corrected chi connectivity index (χ3v) is 5.19. The summed E-state index contributed by atoms with van der Waals surface area (Å²) in [6, 6.07) is 0. The Kier molecular flexibility index (Phi) is 6.99. The predicted molar refractivity (Wildman–Crippen MR) is 81.4 cm³/mol. The number of carbonyl (C=O) groups excluding carboxylic acids is 2. The number of ether oxygens (including phenoxy) is 2. The standard InChI is InChI=1S/C14H21IO4/c1-4-11(15)13(18-2)8-10-9(5-6-12(10)16)7-14(17)19-3/h11,13H,4-8H2,1-3H3. The summed E-state index contributed by atoms with van der Waals surface area (Å²) >= 11 is 2.35. The SMILES string of the molecule is CCC(I)C(CC1=C(CC(=O)OC)CCC1=O)OC. The molecule has 0 saturated heterocycles. The van der Waals surface area contributed by atoms with Crippen LogP contribution in [0.4, 0.5) is 0 Å². The molecule has 19 heavy (non-hydrogen) atoms. The van der Waals surface area contributed by atoms with Gasteiger partial charge in [0.1, 0.15) is 0 Å². The molecule has 0 radical (unpaired) electrons. The van der Waals surface area contributed by atoms with E-state index in [2.05, 4.69) is 34.3 Å². The van der Waals surface area contributed by atoms with Gasteiger partial charge < -0.3 is 9.47 Å². The number of esters is 1. The Labute approximate surface area is 128 Å². The number of alkyl halides is 1. The lowest BCUT2D eigenvalue weighted by Gasteiger charge is -2.21. The number of methoxy groups -OCH3 is 2. The van der Waals surface area contributed by atoms with Crippen LogP contribution in [0.1, 0.15) is 39.0 Å². The van der Waals surface area contributed by atoms with Crippen LogP contribution in [-0.4, -0.2) is 36.0 Å². The summed E-state index contributed by atoms with van der Waals surface area (Å²) in [6.07, 6.45) is 3.03. The zero-order valence-corrected chi connectivity index (χ0v) is 13.9. The van der Waals surface area contributed by atoms with E-state index in [0.29, 0.717) is 23.2 Å². The van der Waals surface area contributed by atoms with Crippen molar-refractivity contribution < 1.29 is 19.1 Å². The molecule has 1 aliphatic rings. The average Bonchev–Trinajstić information content (AvgIpc) is 2.75. The minimum absolute atomic E-state index is 0.0234. The molecule has 0 aliphatic heterocycles. The lowest BCUT2D eigenvalue weighted by atomic mass is 9.99. The minimum atomic E-state index is -0.280. The Morgan fingerprint density at radius 1 is 1.37 bits per heavy atom. The summed E-state index contributed by atoms with van der Waals surface area (Å²) in [4.78, 5) is 23.3. The van der Waals surface area contributed by atoms with E-state index in [1.807, 2.05) is 0 Å². The maximum atomic E-state index is 11.9. The molecule has 108 valence electrons. The van der Waals surface area contributed by atoms with Crippen molar-refractivity contribution in [3.8, 4) is 0 Å². The Morgan fingerprint density at radius 3 is 2.58 bits per heavy atom.